The van der Waals surface area contributed by atoms with E-state index in [0.29, 0.717) is 12.3 Å². The number of hydrogen-bond donors (Lipinski definition) is 1. The zero-order chi connectivity index (χ0) is 14.1. The third-order valence-electron chi connectivity index (χ3n) is 3.91. The Hall–Kier alpha value is -1.88. The molecule has 0 atom stereocenters. The molecule has 1 saturated carbocycles. The Labute approximate surface area is 117 Å². The molecular weight excluding hydrogens is 254 g/mol. The molecule has 0 aliphatic heterocycles. The van der Waals surface area contributed by atoms with Gasteiger partial charge in [0.2, 0.25) is 5.91 Å². The highest BCUT2D eigenvalue weighted by molar-refractivity contribution is 5.78. The monoisotopic (exact) mass is 273 g/mol. The molecule has 1 N–H and O–H groups in total. The van der Waals surface area contributed by atoms with E-state index in [1.807, 2.05) is 42.0 Å². The van der Waals surface area contributed by atoms with Gasteiger partial charge >= 0.3 is 0 Å². The molecular formula is C15H19N3O2. The number of carbonyl (C=O) groups is 1. The standard InChI is InChI=1S/C15H19N3O2/c1-17(9-11-6-13(19)7-11)15(20)8-12-10-18-5-3-2-4-14(18)16-12/h2-5,10-11,13,19H,6-9H2,1H3. The van der Waals surface area contributed by atoms with Crippen LogP contribution >= 0.6 is 0 Å². The molecule has 0 radical (unpaired) electrons. The van der Waals surface area contributed by atoms with E-state index in [0.717, 1.165) is 30.7 Å². The number of aliphatic hydroxyl groups excluding tert-OH is 1. The molecule has 1 aliphatic carbocycles. The van der Waals surface area contributed by atoms with Gasteiger partial charge in [-0.05, 0) is 30.9 Å². The summed E-state index contributed by atoms with van der Waals surface area (Å²) in [5.41, 5.74) is 1.65. The van der Waals surface area contributed by atoms with E-state index in [1.54, 1.807) is 4.90 Å². The summed E-state index contributed by atoms with van der Waals surface area (Å²) < 4.78 is 1.92. The lowest BCUT2D eigenvalue weighted by molar-refractivity contribution is -0.130. The van der Waals surface area contributed by atoms with Gasteiger partial charge in [0.05, 0.1) is 18.2 Å². The Balaban J connectivity index is 1.60. The zero-order valence-corrected chi connectivity index (χ0v) is 11.6. The number of aliphatic hydroxyl groups is 1. The lowest BCUT2D eigenvalue weighted by atomic mass is 9.82. The van der Waals surface area contributed by atoms with Crippen molar-refractivity contribution < 1.29 is 9.90 Å². The fourth-order valence-electron chi connectivity index (χ4n) is 2.70. The third-order valence-corrected chi connectivity index (χ3v) is 3.91. The Morgan fingerprint density at radius 1 is 1.50 bits per heavy atom. The topological polar surface area (TPSA) is 57.8 Å². The van der Waals surface area contributed by atoms with Crippen molar-refractivity contribution in [2.24, 2.45) is 5.92 Å². The summed E-state index contributed by atoms with van der Waals surface area (Å²) in [6, 6.07) is 5.80. The van der Waals surface area contributed by atoms with Gasteiger partial charge in [0.1, 0.15) is 5.65 Å². The highest BCUT2D eigenvalue weighted by atomic mass is 16.3. The molecule has 2 aromatic rings. The smallest absolute Gasteiger partial charge is 0.228 e. The van der Waals surface area contributed by atoms with Crippen molar-refractivity contribution in [3.8, 4) is 0 Å². The van der Waals surface area contributed by atoms with Gasteiger partial charge < -0.3 is 14.4 Å². The summed E-state index contributed by atoms with van der Waals surface area (Å²) >= 11 is 0. The number of nitrogens with zero attached hydrogens (tertiary/aromatic N) is 3. The summed E-state index contributed by atoms with van der Waals surface area (Å²) in [5, 5.41) is 9.27. The van der Waals surface area contributed by atoms with E-state index in [2.05, 4.69) is 4.98 Å². The first-order valence-corrected chi connectivity index (χ1v) is 6.96. The summed E-state index contributed by atoms with van der Waals surface area (Å²) in [7, 11) is 1.82. The maximum absolute atomic E-state index is 12.2. The Morgan fingerprint density at radius 2 is 2.30 bits per heavy atom. The van der Waals surface area contributed by atoms with Gasteiger partial charge in [-0.3, -0.25) is 4.79 Å². The van der Waals surface area contributed by atoms with Gasteiger partial charge in [-0.15, -0.1) is 0 Å². The van der Waals surface area contributed by atoms with Crippen LogP contribution in [0.25, 0.3) is 5.65 Å². The second-order valence-electron chi connectivity index (χ2n) is 5.64. The number of rotatable bonds is 4. The number of fused-ring (bicyclic) bond motifs is 1. The Kier molecular flexibility index (Phi) is 3.44. The van der Waals surface area contributed by atoms with Crippen LogP contribution in [0.2, 0.25) is 0 Å². The predicted molar refractivity (Wildman–Crippen MR) is 75.3 cm³/mol. The van der Waals surface area contributed by atoms with Crippen LogP contribution in [0.4, 0.5) is 0 Å². The average Bonchev–Trinajstić information content (AvgIpc) is 2.78. The first-order chi connectivity index (χ1) is 9.61. The highest BCUT2D eigenvalue weighted by Gasteiger charge is 2.29. The fraction of sp³-hybridized carbons (Fsp3) is 0.467. The lowest BCUT2D eigenvalue weighted by Gasteiger charge is -2.34. The van der Waals surface area contributed by atoms with Crippen molar-refractivity contribution >= 4 is 11.6 Å². The molecule has 2 heterocycles. The van der Waals surface area contributed by atoms with Crippen molar-refractivity contribution in [3.05, 3.63) is 36.3 Å². The van der Waals surface area contributed by atoms with Crippen LogP contribution in [-0.4, -0.2) is 45.0 Å². The van der Waals surface area contributed by atoms with Crippen LogP contribution in [0.1, 0.15) is 18.5 Å². The molecule has 1 amide bonds. The van der Waals surface area contributed by atoms with E-state index in [9.17, 15) is 9.90 Å². The molecule has 20 heavy (non-hydrogen) atoms. The first-order valence-electron chi connectivity index (χ1n) is 6.96. The van der Waals surface area contributed by atoms with Gasteiger partial charge in [0.15, 0.2) is 0 Å². The summed E-state index contributed by atoms with van der Waals surface area (Å²) in [4.78, 5) is 18.3. The lowest BCUT2D eigenvalue weighted by Crippen LogP contribution is -2.40. The molecule has 106 valence electrons. The van der Waals surface area contributed by atoms with Gasteiger partial charge in [-0.25, -0.2) is 4.98 Å². The second-order valence-corrected chi connectivity index (χ2v) is 5.64. The first kappa shape index (κ1) is 13.1. The van der Waals surface area contributed by atoms with Gasteiger partial charge in [-0.2, -0.15) is 0 Å². The number of aromatic nitrogens is 2. The minimum atomic E-state index is -0.165. The van der Waals surface area contributed by atoms with Crippen LogP contribution < -0.4 is 0 Å². The molecule has 3 rings (SSSR count). The molecule has 0 unspecified atom stereocenters. The van der Waals surface area contributed by atoms with Crippen molar-refractivity contribution in [2.75, 3.05) is 13.6 Å². The highest BCUT2D eigenvalue weighted by Crippen LogP contribution is 2.27. The van der Waals surface area contributed by atoms with Crippen molar-refractivity contribution in [1.29, 1.82) is 0 Å². The van der Waals surface area contributed by atoms with Crippen molar-refractivity contribution in [1.82, 2.24) is 14.3 Å². The van der Waals surface area contributed by atoms with E-state index < -0.39 is 0 Å². The number of carbonyl (C=O) groups excluding carboxylic acids is 1. The van der Waals surface area contributed by atoms with Crippen LogP contribution in [0.15, 0.2) is 30.6 Å². The molecule has 1 fully saturated rings. The van der Waals surface area contributed by atoms with E-state index >= 15 is 0 Å². The SMILES string of the molecule is CN(CC1CC(O)C1)C(=O)Cc1cn2ccccc2n1. The van der Waals surface area contributed by atoms with Crippen LogP contribution in [0.5, 0.6) is 0 Å². The molecule has 0 bridgehead atoms. The van der Waals surface area contributed by atoms with Crippen LogP contribution in [0, 0.1) is 5.92 Å². The van der Waals surface area contributed by atoms with Crippen molar-refractivity contribution in [2.45, 2.75) is 25.4 Å². The third kappa shape index (κ3) is 2.67. The van der Waals surface area contributed by atoms with Crippen LogP contribution in [-0.2, 0) is 11.2 Å². The van der Waals surface area contributed by atoms with Crippen LogP contribution in [0.3, 0.4) is 0 Å². The molecule has 2 aromatic heterocycles. The predicted octanol–water partition coefficient (Wildman–Crippen LogP) is 1.11. The summed E-state index contributed by atoms with van der Waals surface area (Å²) in [6.07, 6.45) is 5.61. The molecule has 5 nitrogen and oxygen atoms in total. The maximum Gasteiger partial charge on any atom is 0.228 e. The van der Waals surface area contributed by atoms with E-state index in [1.165, 1.54) is 0 Å². The number of amides is 1. The minimum absolute atomic E-state index is 0.0785. The summed E-state index contributed by atoms with van der Waals surface area (Å²) in [6.45, 7) is 0.725. The van der Waals surface area contributed by atoms with E-state index in [-0.39, 0.29) is 12.0 Å². The second kappa shape index (κ2) is 5.25. The minimum Gasteiger partial charge on any atom is -0.393 e. The van der Waals surface area contributed by atoms with Gasteiger partial charge in [0.25, 0.3) is 0 Å². The normalized spacial score (nSPS) is 21.7. The van der Waals surface area contributed by atoms with Gasteiger partial charge in [0, 0.05) is 26.0 Å². The fourth-order valence-corrected chi connectivity index (χ4v) is 2.70. The molecule has 0 saturated heterocycles. The molecule has 0 aromatic carbocycles. The Morgan fingerprint density at radius 3 is 3.00 bits per heavy atom. The maximum atomic E-state index is 12.2. The van der Waals surface area contributed by atoms with E-state index in [4.69, 9.17) is 0 Å². The number of hydrogen-bond acceptors (Lipinski definition) is 3. The molecule has 5 heteroatoms. The average molecular weight is 273 g/mol. The van der Waals surface area contributed by atoms with Crippen molar-refractivity contribution in [3.63, 3.8) is 0 Å². The largest absolute Gasteiger partial charge is 0.393 e. The summed E-state index contributed by atoms with van der Waals surface area (Å²) in [5.74, 6) is 0.523. The number of pyridine rings is 1. The molecule has 1 aliphatic rings. The Bertz CT molecular complexity index is 583. The number of likely N-dealkylation sites (N-methyl/N-ethyl adjacent to an activating group) is 1. The number of imidazole rings is 1. The quantitative estimate of drug-likeness (QED) is 0.907. The van der Waals surface area contributed by atoms with Gasteiger partial charge in [-0.1, -0.05) is 6.07 Å². The zero-order valence-electron chi connectivity index (χ0n) is 11.6. The molecule has 0 spiro atoms.